The molecule has 2 heterocycles. The van der Waals surface area contributed by atoms with Crippen LogP contribution in [0.5, 0.6) is 0 Å². The van der Waals surface area contributed by atoms with Crippen LogP contribution in [0.15, 0.2) is 11.2 Å². The molecule has 0 spiro atoms. The lowest BCUT2D eigenvalue weighted by Crippen LogP contribution is -2.35. The van der Waals surface area contributed by atoms with Gasteiger partial charge < -0.3 is 4.98 Å². The number of aromatic nitrogens is 2. The summed E-state index contributed by atoms with van der Waals surface area (Å²) in [5.41, 5.74) is 0. The van der Waals surface area contributed by atoms with Crippen LogP contribution in [-0.4, -0.2) is 35.3 Å². The highest BCUT2D eigenvalue weighted by atomic mass is 32.2. The van der Waals surface area contributed by atoms with E-state index in [9.17, 15) is 8.42 Å². The Labute approximate surface area is 95.9 Å². The highest BCUT2D eigenvalue weighted by Crippen LogP contribution is 2.26. The molecule has 6 heteroatoms. The molecule has 1 atom stereocenters. The average Bonchev–Trinajstić information content (AvgIpc) is 2.85. The molecule has 0 amide bonds. The van der Waals surface area contributed by atoms with Gasteiger partial charge in [-0.05, 0) is 26.2 Å². The number of hydrogen-bond donors (Lipinski definition) is 1. The van der Waals surface area contributed by atoms with E-state index in [1.165, 1.54) is 6.20 Å². The van der Waals surface area contributed by atoms with Gasteiger partial charge >= 0.3 is 0 Å². The molecule has 16 heavy (non-hydrogen) atoms. The molecule has 0 aromatic carbocycles. The van der Waals surface area contributed by atoms with Gasteiger partial charge in [0, 0.05) is 12.6 Å². The zero-order valence-electron chi connectivity index (χ0n) is 9.60. The predicted octanol–water partition coefficient (Wildman–Crippen LogP) is 1.28. The molecule has 90 valence electrons. The molecule has 1 unspecified atom stereocenters. The molecule has 5 nitrogen and oxygen atoms in total. The van der Waals surface area contributed by atoms with Crippen molar-refractivity contribution < 1.29 is 8.42 Å². The van der Waals surface area contributed by atoms with E-state index in [0.29, 0.717) is 12.4 Å². The van der Waals surface area contributed by atoms with E-state index in [2.05, 4.69) is 9.97 Å². The van der Waals surface area contributed by atoms with Crippen molar-refractivity contribution in [3.63, 3.8) is 0 Å². The zero-order chi connectivity index (χ0) is 11.8. The fourth-order valence-corrected chi connectivity index (χ4v) is 3.92. The number of nitrogens with one attached hydrogen (secondary N) is 1. The van der Waals surface area contributed by atoms with E-state index in [-0.39, 0.29) is 11.1 Å². The van der Waals surface area contributed by atoms with Crippen LogP contribution < -0.4 is 0 Å². The molecule has 0 saturated carbocycles. The molecule has 1 N–H and O–H groups in total. The van der Waals surface area contributed by atoms with Gasteiger partial charge in [0.1, 0.15) is 5.82 Å². The molecule has 0 aliphatic carbocycles. The summed E-state index contributed by atoms with van der Waals surface area (Å²) >= 11 is 0. The molecule has 2 rings (SSSR count). The van der Waals surface area contributed by atoms with Gasteiger partial charge in [0.15, 0.2) is 5.03 Å². The summed E-state index contributed by atoms with van der Waals surface area (Å²) in [6.45, 7) is 4.40. The highest BCUT2D eigenvalue weighted by Gasteiger charge is 2.35. The SMILES string of the molecule is CCC1CCCN1S(=O)(=O)c1cnc(C)[nH]1. The number of nitrogens with zero attached hydrogens (tertiary/aromatic N) is 2. The first-order chi connectivity index (χ1) is 7.55. The molecule has 1 aliphatic heterocycles. The number of aromatic amines is 1. The van der Waals surface area contributed by atoms with Crippen LogP contribution in [0.3, 0.4) is 0 Å². The van der Waals surface area contributed by atoms with E-state index in [1.54, 1.807) is 11.2 Å². The summed E-state index contributed by atoms with van der Waals surface area (Å²) in [5, 5.41) is 0.213. The number of H-pyrrole nitrogens is 1. The first-order valence-electron chi connectivity index (χ1n) is 5.59. The molecule has 1 fully saturated rings. The lowest BCUT2D eigenvalue weighted by atomic mass is 10.2. The minimum absolute atomic E-state index is 0.147. The van der Waals surface area contributed by atoms with Crippen LogP contribution in [0.2, 0.25) is 0 Å². The summed E-state index contributed by atoms with van der Waals surface area (Å²) in [4.78, 5) is 6.74. The Morgan fingerprint density at radius 1 is 1.62 bits per heavy atom. The van der Waals surface area contributed by atoms with Gasteiger partial charge in [0.2, 0.25) is 0 Å². The summed E-state index contributed by atoms with van der Waals surface area (Å²) in [6, 6.07) is 0.147. The van der Waals surface area contributed by atoms with Gasteiger partial charge in [-0.25, -0.2) is 13.4 Å². The number of sulfonamides is 1. The van der Waals surface area contributed by atoms with E-state index < -0.39 is 10.0 Å². The second kappa shape index (κ2) is 4.18. The maximum absolute atomic E-state index is 12.3. The highest BCUT2D eigenvalue weighted by molar-refractivity contribution is 7.89. The first kappa shape index (κ1) is 11.6. The Kier molecular flexibility index (Phi) is 3.03. The van der Waals surface area contributed by atoms with Crippen LogP contribution in [0, 0.1) is 6.92 Å². The smallest absolute Gasteiger partial charge is 0.260 e. The normalized spacial score (nSPS) is 22.8. The van der Waals surface area contributed by atoms with Crippen molar-refractivity contribution in [1.29, 1.82) is 0 Å². The predicted molar refractivity (Wildman–Crippen MR) is 60.5 cm³/mol. The topological polar surface area (TPSA) is 66.1 Å². The Bertz CT molecular complexity index is 466. The van der Waals surface area contributed by atoms with Gasteiger partial charge in [0.25, 0.3) is 10.0 Å². The molecule has 1 aromatic heterocycles. The summed E-state index contributed by atoms with van der Waals surface area (Å²) in [7, 11) is -3.36. The number of imidazole rings is 1. The number of rotatable bonds is 3. The molecule has 0 radical (unpaired) electrons. The molecular weight excluding hydrogens is 226 g/mol. The molecule has 0 bridgehead atoms. The Morgan fingerprint density at radius 3 is 2.94 bits per heavy atom. The van der Waals surface area contributed by atoms with E-state index in [0.717, 1.165) is 19.3 Å². The van der Waals surface area contributed by atoms with E-state index >= 15 is 0 Å². The number of hydrogen-bond acceptors (Lipinski definition) is 3. The molecular formula is C10H17N3O2S. The van der Waals surface area contributed by atoms with Crippen molar-refractivity contribution in [2.24, 2.45) is 0 Å². The van der Waals surface area contributed by atoms with Crippen LogP contribution in [0.25, 0.3) is 0 Å². The van der Waals surface area contributed by atoms with Gasteiger partial charge in [-0.1, -0.05) is 6.92 Å². The lowest BCUT2D eigenvalue weighted by molar-refractivity contribution is 0.378. The lowest BCUT2D eigenvalue weighted by Gasteiger charge is -2.21. The van der Waals surface area contributed by atoms with Crippen molar-refractivity contribution >= 4 is 10.0 Å². The first-order valence-corrected chi connectivity index (χ1v) is 7.03. The Morgan fingerprint density at radius 2 is 2.38 bits per heavy atom. The van der Waals surface area contributed by atoms with Crippen molar-refractivity contribution in [3.8, 4) is 0 Å². The maximum Gasteiger partial charge on any atom is 0.260 e. The Balaban J connectivity index is 2.32. The third-order valence-corrected chi connectivity index (χ3v) is 4.92. The average molecular weight is 243 g/mol. The minimum atomic E-state index is -3.36. The largest absolute Gasteiger partial charge is 0.332 e. The van der Waals surface area contributed by atoms with Crippen molar-refractivity contribution in [2.45, 2.75) is 44.2 Å². The van der Waals surface area contributed by atoms with Crippen molar-refractivity contribution in [3.05, 3.63) is 12.0 Å². The van der Waals surface area contributed by atoms with Crippen LogP contribution in [-0.2, 0) is 10.0 Å². The third-order valence-electron chi connectivity index (χ3n) is 3.06. The fraction of sp³-hybridized carbons (Fsp3) is 0.700. The second-order valence-electron chi connectivity index (χ2n) is 4.15. The fourth-order valence-electron chi connectivity index (χ4n) is 2.19. The molecule has 1 aromatic rings. The van der Waals surface area contributed by atoms with Gasteiger partial charge in [-0.2, -0.15) is 4.31 Å². The zero-order valence-corrected chi connectivity index (χ0v) is 10.4. The summed E-state index contributed by atoms with van der Waals surface area (Å²) < 4.78 is 26.1. The van der Waals surface area contributed by atoms with Crippen molar-refractivity contribution in [2.75, 3.05) is 6.54 Å². The molecule has 1 saturated heterocycles. The van der Waals surface area contributed by atoms with Gasteiger partial charge in [-0.15, -0.1) is 0 Å². The number of aryl methyl sites for hydroxylation is 1. The second-order valence-corrected chi connectivity index (χ2v) is 6.01. The van der Waals surface area contributed by atoms with Crippen molar-refractivity contribution in [1.82, 2.24) is 14.3 Å². The third kappa shape index (κ3) is 1.87. The standard InChI is InChI=1S/C10H17N3O2S/c1-3-9-5-4-6-13(9)16(14,15)10-7-11-8(2)12-10/h7,9H,3-6H2,1-2H3,(H,11,12). The quantitative estimate of drug-likeness (QED) is 0.869. The van der Waals surface area contributed by atoms with Gasteiger partial charge in [0.05, 0.1) is 6.20 Å². The van der Waals surface area contributed by atoms with Crippen LogP contribution in [0.1, 0.15) is 32.0 Å². The minimum Gasteiger partial charge on any atom is -0.332 e. The monoisotopic (exact) mass is 243 g/mol. The Hall–Kier alpha value is -0.880. The van der Waals surface area contributed by atoms with Gasteiger partial charge in [-0.3, -0.25) is 0 Å². The van der Waals surface area contributed by atoms with E-state index in [4.69, 9.17) is 0 Å². The summed E-state index contributed by atoms with van der Waals surface area (Å²) in [5.74, 6) is 0.630. The van der Waals surface area contributed by atoms with E-state index in [1.807, 2.05) is 6.92 Å². The molecule has 1 aliphatic rings. The van der Waals surface area contributed by atoms with Crippen LogP contribution in [0.4, 0.5) is 0 Å². The van der Waals surface area contributed by atoms with Crippen LogP contribution >= 0.6 is 0 Å². The maximum atomic E-state index is 12.3. The summed E-state index contributed by atoms with van der Waals surface area (Å²) in [6.07, 6.45) is 4.18.